The summed E-state index contributed by atoms with van der Waals surface area (Å²) in [4.78, 5) is 19.5. The third kappa shape index (κ3) is 3.36. The van der Waals surface area contributed by atoms with E-state index in [2.05, 4.69) is 27.3 Å². The first-order chi connectivity index (χ1) is 11.8. The molecule has 1 saturated heterocycles. The summed E-state index contributed by atoms with van der Waals surface area (Å²) < 4.78 is 5.36. The Hall–Kier alpha value is -1.76. The fraction of sp³-hybridized carbons (Fsp3) is 0.444. The molecule has 2 aromatic rings. The number of aryl methyl sites for hydroxylation is 1. The van der Waals surface area contributed by atoms with Crippen LogP contribution in [0.1, 0.15) is 29.2 Å². The predicted octanol–water partition coefficient (Wildman–Crippen LogP) is 2.64. The average molecular weight is 343 g/mol. The molecule has 1 aliphatic carbocycles. The Morgan fingerprint density at radius 3 is 3.04 bits per heavy atom. The number of aromatic nitrogens is 1. The van der Waals surface area contributed by atoms with Gasteiger partial charge in [0.2, 0.25) is 5.91 Å². The second-order valence-electron chi connectivity index (χ2n) is 6.31. The highest BCUT2D eigenvalue weighted by Crippen LogP contribution is 2.34. The van der Waals surface area contributed by atoms with Gasteiger partial charge in [-0.05, 0) is 24.0 Å². The molecule has 0 saturated carbocycles. The fourth-order valence-corrected chi connectivity index (χ4v) is 4.15. The standard InChI is InChI=1S/C18H21N3O2S/c22-17(16-6-5-13-3-1-2-4-15(13)16)20-18-19-14(12-24-18)11-21-7-9-23-10-8-21/h1-4,12,16H,5-11H2,(H,19,20,22)/t16-/m1/s1. The van der Waals surface area contributed by atoms with Gasteiger partial charge in [-0.3, -0.25) is 9.69 Å². The molecule has 4 rings (SSSR count). The number of thiazole rings is 1. The smallest absolute Gasteiger partial charge is 0.233 e. The molecule has 1 aromatic heterocycles. The maximum Gasteiger partial charge on any atom is 0.233 e. The second-order valence-corrected chi connectivity index (χ2v) is 7.17. The highest BCUT2D eigenvalue weighted by molar-refractivity contribution is 7.13. The van der Waals surface area contributed by atoms with Crippen molar-refractivity contribution < 1.29 is 9.53 Å². The van der Waals surface area contributed by atoms with E-state index >= 15 is 0 Å². The Balaban J connectivity index is 1.38. The first kappa shape index (κ1) is 15.7. The number of nitrogens with zero attached hydrogens (tertiary/aromatic N) is 2. The summed E-state index contributed by atoms with van der Waals surface area (Å²) in [5.74, 6) is 0.0139. The second kappa shape index (κ2) is 7.01. The van der Waals surface area contributed by atoms with Crippen LogP contribution in [0.25, 0.3) is 0 Å². The molecule has 0 spiro atoms. The van der Waals surface area contributed by atoms with Crippen LogP contribution < -0.4 is 5.32 Å². The molecule has 0 bridgehead atoms. The Morgan fingerprint density at radius 1 is 1.33 bits per heavy atom. The summed E-state index contributed by atoms with van der Waals surface area (Å²) in [6.45, 7) is 4.28. The van der Waals surface area contributed by atoms with E-state index in [1.54, 1.807) is 0 Å². The zero-order chi connectivity index (χ0) is 16.4. The van der Waals surface area contributed by atoms with Crippen molar-refractivity contribution in [1.29, 1.82) is 0 Å². The molecule has 1 aromatic carbocycles. The van der Waals surface area contributed by atoms with Crippen LogP contribution in [0, 0.1) is 0 Å². The Labute approximate surface area is 145 Å². The molecule has 1 atom stereocenters. The molecule has 1 amide bonds. The number of carbonyl (C=O) groups is 1. The molecule has 2 heterocycles. The van der Waals surface area contributed by atoms with Crippen LogP contribution in [0.5, 0.6) is 0 Å². The van der Waals surface area contributed by atoms with Crippen molar-refractivity contribution in [1.82, 2.24) is 9.88 Å². The maximum absolute atomic E-state index is 12.6. The molecule has 5 nitrogen and oxygen atoms in total. The van der Waals surface area contributed by atoms with E-state index in [-0.39, 0.29) is 11.8 Å². The monoisotopic (exact) mass is 343 g/mol. The van der Waals surface area contributed by atoms with Gasteiger partial charge in [0.25, 0.3) is 0 Å². The number of benzene rings is 1. The molecular formula is C18H21N3O2S. The molecule has 0 unspecified atom stereocenters. The largest absolute Gasteiger partial charge is 0.379 e. The van der Waals surface area contributed by atoms with Crippen molar-refractivity contribution in [3.05, 3.63) is 46.5 Å². The van der Waals surface area contributed by atoms with E-state index in [1.807, 2.05) is 17.5 Å². The SMILES string of the molecule is O=C(Nc1nc(CN2CCOCC2)cs1)[C@@H]1CCc2ccccc21. The molecular weight excluding hydrogens is 322 g/mol. The van der Waals surface area contributed by atoms with Crippen LogP contribution in [0.15, 0.2) is 29.6 Å². The molecule has 1 N–H and O–H groups in total. The summed E-state index contributed by atoms with van der Waals surface area (Å²) in [5, 5.41) is 5.74. The van der Waals surface area contributed by atoms with Crippen LogP contribution in [-0.4, -0.2) is 42.1 Å². The van der Waals surface area contributed by atoms with Crippen LogP contribution in [0.2, 0.25) is 0 Å². The van der Waals surface area contributed by atoms with Gasteiger partial charge in [-0.2, -0.15) is 0 Å². The molecule has 0 radical (unpaired) electrons. The highest BCUT2D eigenvalue weighted by Gasteiger charge is 2.28. The van der Waals surface area contributed by atoms with E-state index in [4.69, 9.17) is 4.74 Å². The number of fused-ring (bicyclic) bond motifs is 1. The minimum absolute atomic E-state index is 0.0483. The lowest BCUT2D eigenvalue weighted by Crippen LogP contribution is -2.35. The number of anilines is 1. The van der Waals surface area contributed by atoms with Gasteiger partial charge in [0.15, 0.2) is 5.13 Å². The quantitative estimate of drug-likeness (QED) is 0.927. The van der Waals surface area contributed by atoms with Crippen molar-refractivity contribution in [3.8, 4) is 0 Å². The fourth-order valence-electron chi connectivity index (χ4n) is 3.45. The van der Waals surface area contributed by atoms with Gasteiger partial charge < -0.3 is 10.1 Å². The molecule has 24 heavy (non-hydrogen) atoms. The van der Waals surface area contributed by atoms with E-state index in [9.17, 15) is 4.79 Å². The van der Waals surface area contributed by atoms with Gasteiger partial charge in [-0.15, -0.1) is 11.3 Å². The van der Waals surface area contributed by atoms with Gasteiger partial charge in [-0.1, -0.05) is 24.3 Å². The average Bonchev–Trinajstić information content (AvgIpc) is 3.22. The van der Waals surface area contributed by atoms with E-state index in [0.717, 1.165) is 51.4 Å². The zero-order valence-electron chi connectivity index (χ0n) is 13.5. The maximum atomic E-state index is 12.6. The van der Waals surface area contributed by atoms with Gasteiger partial charge in [0.05, 0.1) is 24.8 Å². The lowest BCUT2D eigenvalue weighted by atomic mass is 10.0. The Kier molecular flexibility index (Phi) is 4.60. The van der Waals surface area contributed by atoms with Gasteiger partial charge in [-0.25, -0.2) is 4.98 Å². The third-order valence-corrected chi connectivity index (χ3v) is 5.53. The molecule has 1 aliphatic heterocycles. The number of hydrogen-bond donors (Lipinski definition) is 1. The number of amides is 1. The molecule has 2 aliphatic rings. The van der Waals surface area contributed by atoms with Crippen molar-refractivity contribution in [2.24, 2.45) is 0 Å². The number of hydrogen-bond acceptors (Lipinski definition) is 5. The Morgan fingerprint density at radius 2 is 2.17 bits per heavy atom. The van der Waals surface area contributed by atoms with Crippen LogP contribution in [0.3, 0.4) is 0 Å². The highest BCUT2D eigenvalue weighted by atomic mass is 32.1. The third-order valence-electron chi connectivity index (χ3n) is 4.72. The first-order valence-electron chi connectivity index (χ1n) is 8.43. The zero-order valence-corrected chi connectivity index (χ0v) is 14.3. The van der Waals surface area contributed by atoms with E-state index < -0.39 is 0 Å². The van der Waals surface area contributed by atoms with Crippen LogP contribution in [0.4, 0.5) is 5.13 Å². The van der Waals surface area contributed by atoms with Crippen molar-refractivity contribution >= 4 is 22.4 Å². The van der Waals surface area contributed by atoms with E-state index in [1.165, 1.54) is 22.5 Å². The van der Waals surface area contributed by atoms with E-state index in [0.29, 0.717) is 5.13 Å². The van der Waals surface area contributed by atoms with Crippen molar-refractivity contribution in [2.45, 2.75) is 25.3 Å². The number of rotatable bonds is 4. The number of morpholine rings is 1. The summed E-state index contributed by atoms with van der Waals surface area (Å²) >= 11 is 1.51. The molecule has 126 valence electrons. The Bertz CT molecular complexity index is 725. The normalized spacial score (nSPS) is 20.8. The topological polar surface area (TPSA) is 54.5 Å². The summed E-state index contributed by atoms with van der Waals surface area (Å²) in [5.41, 5.74) is 3.48. The van der Waals surface area contributed by atoms with Gasteiger partial charge in [0, 0.05) is 25.0 Å². The minimum Gasteiger partial charge on any atom is -0.379 e. The molecule has 6 heteroatoms. The van der Waals surface area contributed by atoms with Gasteiger partial charge in [0.1, 0.15) is 0 Å². The molecule has 1 fully saturated rings. The van der Waals surface area contributed by atoms with Crippen LogP contribution >= 0.6 is 11.3 Å². The number of carbonyl (C=O) groups excluding carboxylic acids is 1. The van der Waals surface area contributed by atoms with Crippen molar-refractivity contribution in [2.75, 3.05) is 31.6 Å². The van der Waals surface area contributed by atoms with Crippen molar-refractivity contribution in [3.63, 3.8) is 0 Å². The number of nitrogens with one attached hydrogen (secondary N) is 1. The van der Waals surface area contributed by atoms with Gasteiger partial charge >= 0.3 is 0 Å². The predicted molar refractivity (Wildman–Crippen MR) is 94.3 cm³/mol. The van der Waals surface area contributed by atoms with Crippen LogP contribution in [-0.2, 0) is 22.5 Å². The first-order valence-corrected chi connectivity index (χ1v) is 9.31. The number of ether oxygens (including phenoxy) is 1. The lowest BCUT2D eigenvalue weighted by molar-refractivity contribution is -0.117. The summed E-state index contributed by atoms with van der Waals surface area (Å²) in [7, 11) is 0. The summed E-state index contributed by atoms with van der Waals surface area (Å²) in [6.07, 6.45) is 1.87. The minimum atomic E-state index is -0.0483. The lowest BCUT2D eigenvalue weighted by Gasteiger charge is -2.25. The summed E-state index contributed by atoms with van der Waals surface area (Å²) in [6, 6.07) is 8.23.